The van der Waals surface area contributed by atoms with Gasteiger partial charge in [-0.15, -0.1) is 11.3 Å². The Bertz CT molecular complexity index is 1100. The monoisotopic (exact) mass is 406 g/mol. The molecule has 0 spiro atoms. The normalized spacial score (nSPS) is 10.9. The Labute approximate surface area is 172 Å². The summed E-state index contributed by atoms with van der Waals surface area (Å²) in [5.41, 5.74) is 8.35. The van der Waals surface area contributed by atoms with Crippen molar-refractivity contribution in [2.75, 3.05) is 19.5 Å². The van der Waals surface area contributed by atoms with Gasteiger partial charge in [-0.05, 0) is 42.5 Å². The van der Waals surface area contributed by atoms with Crippen LogP contribution in [0.15, 0.2) is 54.0 Å². The quantitative estimate of drug-likeness (QED) is 0.576. The lowest BCUT2D eigenvalue weighted by Crippen LogP contribution is -2.10. The number of ether oxygens (including phenoxy) is 2. The molecule has 0 atom stereocenters. The number of thiazole rings is 1. The zero-order valence-corrected chi connectivity index (χ0v) is 16.6. The Hall–Kier alpha value is -3.83. The molecule has 0 aliphatic heterocycles. The average Bonchev–Trinajstić information content (AvgIpc) is 3.24. The maximum absolute atomic E-state index is 11.1. The molecule has 3 N–H and O–H groups in total. The van der Waals surface area contributed by atoms with Crippen molar-refractivity contribution in [3.63, 3.8) is 0 Å². The summed E-state index contributed by atoms with van der Waals surface area (Å²) in [5.74, 6) is 0.753. The summed E-state index contributed by atoms with van der Waals surface area (Å²) in [6.45, 7) is 0. The number of allylic oxidation sites excluding steroid dienone is 1. The summed E-state index contributed by atoms with van der Waals surface area (Å²) < 4.78 is 10.6. The van der Waals surface area contributed by atoms with Crippen molar-refractivity contribution in [2.24, 2.45) is 5.73 Å². The number of primary amides is 1. The van der Waals surface area contributed by atoms with Gasteiger partial charge in [0.1, 0.15) is 16.6 Å². The van der Waals surface area contributed by atoms with E-state index < -0.39 is 5.91 Å². The fourth-order valence-electron chi connectivity index (χ4n) is 2.55. The van der Waals surface area contributed by atoms with Crippen LogP contribution in [0, 0.1) is 11.3 Å². The van der Waals surface area contributed by atoms with Crippen LogP contribution >= 0.6 is 11.3 Å². The number of nitrogens with zero attached hydrogens (tertiary/aromatic N) is 2. The molecule has 0 aliphatic carbocycles. The van der Waals surface area contributed by atoms with Gasteiger partial charge < -0.3 is 20.5 Å². The van der Waals surface area contributed by atoms with Crippen molar-refractivity contribution in [1.29, 1.82) is 5.26 Å². The van der Waals surface area contributed by atoms with Crippen LogP contribution in [0.25, 0.3) is 16.8 Å². The molecule has 7 nitrogen and oxygen atoms in total. The minimum Gasteiger partial charge on any atom is -0.493 e. The highest BCUT2D eigenvalue weighted by Gasteiger charge is 2.12. The Balaban J connectivity index is 1.81. The van der Waals surface area contributed by atoms with Crippen LogP contribution in [0.1, 0.15) is 15.4 Å². The van der Waals surface area contributed by atoms with Gasteiger partial charge in [-0.2, -0.15) is 5.26 Å². The number of nitriles is 1. The molecule has 0 fully saturated rings. The number of nitrogens with one attached hydrogen (secondary N) is 1. The number of aromatic nitrogens is 1. The molecule has 146 valence electrons. The lowest BCUT2D eigenvalue weighted by atomic mass is 10.1. The van der Waals surface area contributed by atoms with Gasteiger partial charge in [0.05, 0.1) is 19.9 Å². The third-order valence-electron chi connectivity index (χ3n) is 4.09. The Kier molecular flexibility index (Phi) is 6.12. The first kappa shape index (κ1) is 19.9. The van der Waals surface area contributed by atoms with Crippen LogP contribution < -0.4 is 20.5 Å². The maximum atomic E-state index is 11.1. The molecule has 0 unspecified atom stereocenters. The summed E-state index contributed by atoms with van der Waals surface area (Å²) in [4.78, 5) is 15.7. The van der Waals surface area contributed by atoms with Crippen molar-refractivity contribution < 1.29 is 14.3 Å². The number of amides is 1. The van der Waals surface area contributed by atoms with E-state index in [4.69, 9.17) is 15.2 Å². The number of methoxy groups -OCH3 is 2. The summed E-state index contributed by atoms with van der Waals surface area (Å²) in [5, 5.41) is 15.0. The Morgan fingerprint density at radius 1 is 1.17 bits per heavy atom. The second-order valence-corrected chi connectivity index (χ2v) is 6.72. The molecule has 0 aliphatic rings. The molecule has 0 saturated heterocycles. The van der Waals surface area contributed by atoms with E-state index in [0.717, 1.165) is 16.9 Å². The smallest absolute Gasteiger partial charge is 0.248 e. The van der Waals surface area contributed by atoms with Crippen molar-refractivity contribution >= 4 is 28.5 Å². The topological polar surface area (TPSA) is 110 Å². The highest BCUT2D eigenvalue weighted by molar-refractivity contribution is 7.11. The van der Waals surface area contributed by atoms with Gasteiger partial charge in [0.15, 0.2) is 11.5 Å². The first-order chi connectivity index (χ1) is 14.0. The van der Waals surface area contributed by atoms with Crippen LogP contribution in [0.3, 0.4) is 0 Å². The molecule has 2 aromatic carbocycles. The van der Waals surface area contributed by atoms with Crippen LogP contribution in [-0.4, -0.2) is 25.1 Å². The zero-order chi connectivity index (χ0) is 20.8. The molecule has 29 heavy (non-hydrogen) atoms. The van der Waals surface area contributed by atoms with Crippen LogP contribution in [0.5, 0.6) is 11.5 Å². The summed E-state index contributed by atoms with van der Waals surface area (Å²) in [6, 6.07) is 14.3. The summed E-state index contributed by atoms with van der Waals surface area (Å²) in [6.07, 6.45) is 1.58. The van der Waals surface area contributed by atoms with Gasteiger partial charge in [-0.25, -0.2) is 4.98 Å². The van der Waals surface area contributed by atoms with Gasteiger partial charge in [0.25, 0.3) is 0 Å². The predicted molar refractivity (Wildman–Crippen MR) is 113 cm³/mol. The third-order valence-corrected chi connectivity index (χ3v) is 4.96. The molecule has 0 saturated carbocycles. The average molecular weight is 406 g/mol. The Morgan fingerprint density at radius 3 is 2.52 bits per heavy atom. The molecule has 3 aromatic rings. The third kappa shape index (κ3) is 4.54. The fourth-order valence-corrected chi connectivity index (χ4v) is 3.35. The molecule has 0 bridgehead atoms. The number of nitrogens with two attached hydrogens (primary N) is 1. The second kappa shape index (κ2) is 8.91. The first-order valence-electron chi connectivity index (χ1n) is 8.50. The van der Waals surface area contributed by atoms with Crippen molar-refractivity contribution in [3.05, 3.63) is 64.6 Å². The maximum Gasteiger partial charge on any atom is 0.248 e. The number of benzene rings is 2. The number of hydrogen-bond donors (Lipinski definition) is 2. The summed E-state index contributed by atoms with van der Waals surface area (Å²) in [7, 11) is 3.16. The lowest BCUT2D eigenvalue weighted by Gasteiger charge is -2.08. The standard InChI is InChI=1S/C21H18N4O3S/c1-27-18-8-5-14(9-19(18)28-2)17-12-29-21(25-17)15(10-22)11-24-16-6-3-13(4-7-16)20(23)26/h3-9,11-12,24H,1-2H3,(H2,23,26)/b15-11+. The van der Waals surface area contributed by atoms with Crippen LogP contribution in [-0.2, 0) is 0 Å². The van der Waals surface area contributed by atoms with E-state index in [1.165, 1.54) is 11.3 Å². The van der Waals surface area contributed by atoms with Gasteiger partial charge in [0.2, 0.25) is 5.91 Å². The number of hydrogen-bond acceptors (Lipinski definition) is 7. The van der Waals surface area contributed by atoms with Gasteiger partial charge in [-0.1, -0.05) is 0 Å². The van der Waals surface area contributed by atoms with E-state index in [2.05, 4.69) is 16.4 Å². The van der Waals surface area contributed by atoms with E-state index in [0.29, 0.717) is 27.6 Å². The fraction of sp³-hybridized carbons (Fsp3) is 0.0952. The SMILES string of the molecule is COc1ccc(-c2csc(/C(C#N)=C/Nc3ccc(C(N)=O)cc3)n2)cc1OC. The zero-order valence-electron chi connectivity index (χ0n) is 15.8. The molecular formula is C21H18N4O3S. The largest absolute Gasteiger partial charge is 0.493 e. The molecule has 1 heterocycles. The highest BCUT2D eigenvalue weighted by Crippen LogP contribution is 2.33. The minimum atomic E-state index is -0.490. The van der Waals surface area contributed by atoms with E-state index >= 15 is 0 Å². The molecule has 0 radical (unpaired) electrons. The van der Waals surface area contributed by atoms with Crippen molar-refractivity contribution in [3.8, 4) is 28.8 Å². The van der Waals surface area contributed by atoms with Crippen molar-refractivity contribution in [1.82, 2.24) is 4.98 Å². The first-order valence-corrected chi connectivity index (χ1v) is 9.38. The highest BCUT2D eigenvalue weighted by atomic mass is 32.1. The second-order valence-electron chi connectivity index (χ2n) is 5.86. The van der Waals surface area contributed by atoms with E-state index in [1.807, 2.05) is 23.6 Å². The van der Waals surface area contributed by atoms with E-state index in [1.54, 1.807) is 44.7 Å². The van der Waals surface area contributed by atoms with Crippen molar-refractivity contribution in [2.45, 2.75) is 0 Å². The van der Waals surface area contributed by atoms with Gasteiger partial charge >= 0.3 is 0 Å². The minimum absolute atomic E-state index is 0.390. The molecule has 1 amide bonds. The molecular weight excluding hydrogens is 388 g/mol. The molecule has 8 heteroatoms. The lowest BCUT2D eigenvalue weighted by molar-refractivity contribution is 0.100. The Morgan fingerprint density at radius 2 is 1.90 bits per heavy atom. The van der Waals surface area contributed by atoms with Gasteiger partial charge in [0, 0.05) is 28.4 Å². The summed E-state index contributed by atoms with van der Waals surface area (Å²) >= 11 is 1.37. The molecule has 1 aromatic heterocycles. The van der Waals surface area contributed by atoms with Crippen LogP contribution in [0.4, 0.5) is 5.69 Å². The predicted octanol–water partition coefficient (Wildman–Crippen LogP) is 3.90. The number of rotatable bonds is 7. The van der Waals surface area contributed by atoms with E-state index in [9.17, 15) is 10.1 Å². The number of carbonyl (C=O) groups excluding carboxylic acids is 1. The van der Waals surface area contributed by atoms with Gasteiger partial charge in [-0.3, -0.25) is 4.79 Å². The number of anilines is 1. The number of carbonyl (C=O) groups is 1. The molecule has 3 rings (SSSR count). The van der Waals surface area contributed by atoms with Crippen LogP contribution in [0.2, 0.25) is 0 Å². The van der Waals surface area contributed by atoms with E-state index in [-0.39, 0.29) is 0 Å².